The van der Waals surface area contributed by atoms with E-state index in [1.807, 2.05) is 20.8 Å². The molecule has 1 unspecified atom stereocenters. The van der Waals surface area contributed by atoms with E-state index in [-0.39, 0.29) is 24.1 Å². The lowest BCUT2D eigenvalue weighted by Gasteiger charge is -2.34. The lowest BCUT2D eigenvalue weighted by molar-refractivity contribution is -0.113. The maximum atomic E-state index is 12.3. The third kappa shape index (κ3) is 2.18. The molecule has 2 nitrogen and oxygen atoms in total. The van der Waals surface area contributed by atoms with E-state index in [1.54, 1.807) is 4.90 Å². The largest absolute Gasteiger partial charge is 0.302 e. The van der Waals surface area contributed by atoms with Crippen LogP contribution < -0.4 is 0 Å². The van der Waals surface area contributed by atoms with Crippen molar-refractivity contribution in [1.82, 2.24) is 4.90 Å². The number of aldehydes is 1. The Balaban J connectivity index is 2.89. The first kappa shape index (κ1) is 11.3. The van der Waals surface area contributed by atoms with Crippen LogP contribution >= 0.6 is 0 Å². The van der Waals surface area contributed by atoms with Crippen LogP contribution in [0.15, 0.2) is 11.7 Å². The second-order valence-corrected chi connectivity index (χ2v) is 4.57. The topological polar surface area (TPSA) is 20.3 Å². The van der Waals surface area contributed by atoms with Crippen molar-refractivity contribution in [2.45, 2.75) is 38.8 Å². The summed E-state index contributed by atoms with van der Waals surface area (Å²) in [5.74, 6) is 0. The zero-order valence-electron chi connectivity index (χ0n) is 8.68. The molecule has 1 atom stereocenters. The van der Waals surface area contributed by atoms with E-state index in [0.717, 1.165) is 6.29 Å². The highest BCUT2D eigenvalue weighted by atomic mass is 19.3. The summed E-state index contributed by atoms with van der Waals surface area (Å²) in [6.07, 6.45) is -0.715. The van der Waals surface area contributed by atoms with Gasteiger partial charge in [-0.25, -0.2) is 0 Å². The van der Waals surface area contributed by atoms with Crippen LogP contribution in [-0.4, -0.2) is 29.3 Å². The first-order valence-corrected chi connectivity index (χ1v) is 4.61. The molecular weight excluding hydrogens is 188 g/mol. The Morgan fingerprint density at radius 3 is 2.36 bits per heavy atom. The van der Waals surface area contributed by atoms with Crippen molar-refractivity contribution in [2.75, 3.05) is 6.54 Å². The molecular formula is C10H15F2NO. The quantitative estimate of drug-likeness (QED) is 0.609. The Hall–Kier alpha value is -0.770. The number of likely N-dealkylation sites (tertiary alicyclic amines) is 1. The van der Waals surface area contributed by atoms with Gasteiger partial charge in [-0.05, 0) is 27.2 Å². The van der Waals surface area contributed by atoms with Crippen LogP contribution in [0.3, 0.4) is 0 Å². The average molecular weight is 203 g/mol. The molecule has 0 aromatic rings. The molecule has 0 spiro atoms. The number of halogens is 2. The van der Waals surface area contributed by atoms with Crippen molar-refractivity contribution >= 4 is 6.29 Å². The maximum Gasteiger partial charge on any atom is 0.270 e. The molecule has 1 saturated heterocycles. The highest BCUT2D eigenvalue weighted by Gasteiger charge is 2.36. The van der Waals surface area contributed by atoms with Gasteiger partial charge >= 0.3 is 0 Å². The summed E-state index contributed by atoms with van der Waals surface area (Å²) in [4.78, 5) is 12.5. The monoisotopic (exact) mass is 203 g/mol. The molecule has 1 aliphatic rings. The van der Waals surface area contributed by atoms with Crippen LogP contribution in [0.5, 0.6) is 0 Å². The Morgan fingerprint density at radius 2 is 2.07 bits per heavy atom. The smallest absolute Gasteiger partial charge is 0.270 e. The molecule has 14 heavy (non-hydrogen) atoms. The van der Waals surface area contributed by atoms with Crippen molar-refractivity contribution in [3.8, 4) is 0 Å². The van der Waals surface area contributed by atoms with E-state index < -0.39 is 12.1 Å². The van der Waals surface area contributed by atoms with Gasteiger partial charge in [-0.3, -0.25) is 4.90 Å². The van der Waals surface area contributed by atoms with Crippen molar-refractivity contribution in [3.05, 3.63) is 11.7 Å². The van der Waals surface area contributed by atoms with Crippen molar-refractivity contribution in [2.24, 2.45) is 0 Å². The fraction of sp³-hybridized carbons (Fsp3) is 0.700. The fourth-order valence-corrected chi connectivity index (χ4v) is 1.74. The molecule has 0 aromatic heterocycles. The molecule has 1 heterocycles. The summed E-state index contributed by atoms with van der Waals surface area (Å²) < 4.78 is 24.7. The fourth-order valence-electron chi connectivity index (χ4n) is 1.74. The predicted octanol–water partition coefficient (Wildman–Crippen LogP) is 2.21. The number of hydrogen-bond acceptors (Lipinski definition) is 2. The van der Waals surface area contributed by atoms with Crippen molar-refractivity contribution in [1.29, 1.82) is 0 Å². The molecule has 80 valence electrons. The summed E-state index contributed by atoms with van der Waals surface area (Å²) >= 11 is 0. The van der Waals surface area contributed by atoms with Gasteiger partial charge in [-0.2, -0.15) is 8.78 Å². The Kier molecular flexibility index (Phi) is 3.04. The molecule has 0 aromatic carbocycles. The molecule has 1 aliphatic heterocycles. The number of carbonyl (C=O) groups excluding carboxylic acids is 1. The summed E-state index contributed by atoms with van der Waals surface area (Å²) in [7, 11) is 0. The minimum absolute atomic E-state index is 0.0945. The second-order valence-electron chi connectivity index (χ2n) is 4.57. The van der Waals surface area contributed by atoms with Gasteiger partial charge < -0.3 is 4.79 Å². The Labute approximate surface area is 82.6 Å². The molecule has 1 fully saturated rings. The van der Waals surface area contributed by atoms with Gasteiger partial charge in [-0.15, -0.1) is 0 Å². The van der Waals surface area contributed by atoms with Gasteiger partial charge in [0.1, 0.15) is 6.29 Å². The van der Waals surface area contributed by atoms with Crippen LogP contribution in [-0.2, 0) is 4.79 Å². The summed E-state index contributed by atoms with van der Waals surface area (Å²) in [6.45, 7) is 5.96. The minimum Gasteiger partial charge on any atom is -0.302 e. The normalized spacial score (nSPS) is 24.1. The standard InChI is InChI=1S/C10H15F2NO/c1-10(2,3)13-5-7(9(11)12)4-8(13)6-14/h6,8H,4-5H2,1-3H3. The van der Waals surface area contributed by atoms with Crippen LogP contribution in [0.25, 0.3) is 0 Å². The van der Waals surface area contributed by atoms with Crippen LogP contribution in [0.4, 0.5) is 8.78 Å². The van der Waals surface area contributed by atoms with Crippen LogP contribution in [0.1, 0.15) is 27.2 Å². The SMILES string of the molecule is CC(C)(C)N1CC(=C(F)F)CC1C=O. The van der Waals surface area contributed by atoms with E-state index in [9.17, 15) is 13.6 Å². The van der Waals surface area contributed by atoms with E-state index in [4.69, 9.17) is 0 Å². The first-order chi connectivity index (χ1) is 6.36. The first-order valence-electron chi connectivity index (χ1n) is 4.61. The third-order valence-electron chi connectivity index (χ3n) is 2.50. The Morgan fingerprint density at radius 1 is 1.50 bits per heavy atom. The third-order valence-corrected chi connectivity index (χ3v) is 2.50. The summed E-state index contributed by atoms with van der Waals surface area (Å²) in [6, 6.07) is -0.397. The second kappa shape index (κ2) is 3.77. The van der Waals surface area contributed by atoms with Gasteiger partial charge in [0.25, 0.3) is 6.08 Å². The van der Waals surface area contributed by atoms with Crippen LogP contribution in [0.2, 0.25) is 0 Å². The van der Waals surface area contributed by atoms with Gasteiger partial charge in [0.2, 0.25) is 0 Å². The van der Waals surface area contributed by atoms with Crippen molar-refractivity contribution in [3.63, 3.8) is 0 Å². The lowest BCUT2D eigenvalue weighted by Crippen LogP contribution is -2.45. The number of nitrogens with zero attached hydrogens (tertiary/aromatic N) is 1. The molecule has 1 rings (SSSR count). The minimum atomic E-state index is -1.64. The van der Waals surface area contributed by atoms with E-state index in [1.165, 1.54) is 0 Å². The van der Waals surface area contributed by atoms with Gasteiger partial charge in [0.15, 0.2) is 0 Å². The molecule has 0 amide bonds. The highest BCUT2D eigenvalue weighted by molar-refractivity contribution is 5.60. The van der Waals surface area contributed by atoms with Gasteiger partial charge in [0.05, 0.1) is 6.04 Å². The zero-order chi connectivity index (χ0) is 10.9. The number of carbonyl (C=O) groups is 1. The van der Waals surface area contributed by atoms with Crippen molar-refractivity contribution < 1.29 is 13.6 Å². The highest BCUT2D eigenvalue weighted by Crippen LogP contribution is 2.31. The summed E-state index contributed by atoms with van der Waals surface area (Å²) in [5, 5.41) is 0. The predicted molar refractivity (Wildman–Crippen MR) is 50.2 cm³/mol. The molecule has 0 N–H and O–H groups in total. The maximum absolute atomic E-state index is 12.3. The summed E-state index contributed by atoms with van der Waals surface area (Å²) in [5.41, 5.74) is -0.153. The molecule has 0 aliphatic carbocycles. The molecule has 0 bridgehead atoms. The molecule has 0 saturated carbocycles. The van der Waals surface area contributed by atoms with Gasteiger partial charge in [0, 0.05) is 17.7 Å². The lowest BCUT2D eigenvalue weighted by atomic mass is 10.1. The van der Waals surface area contributed by atoms with E-state index in [0.29, 0.717) is 0 Å². The van der Waals surface area contributed by atoms with Gasteiger partial charge in [-0.1, -0.05) is 0 Å². The van der Waals surface area contributed by atoms with E-state index in [2.05, 4.69) is 0 Å². The average Bonchev–Trinajstić information content (AvgIpc) is 2.46. The molecule has 4 heteroatoms. The van der Waals surface area contributed by atoms with E-state index >= 15 is 0 Å². The Bertz CT molecular complexity index is 264. The zero-order valence-corrected chi connectivity index (χ0v) is 8.68. The van der Waals surface area contributed by atoms with Crippen LogP contribution in [0, 0.1) is 0 Å². The number of hydrogen-bond donors (Lipinski definition) is 0. The number of rotatable bonds is 1. The molecule has 0 radical (unpaired) electrons.